The molecule has 1 aliphatic rings. The summed E-state index contributed by atoms with van der Waals surface area (Å²) in [7, 11) is 0. The highest BCUT2D eigenvalue weighted by atomic mass is 15.2. The average Bonchev–Trinajstić information content (AvgIpc) is 3.52. The van der Waals surface area contributed by atoms with Gasteiger partial charge in [-0.1, -0.05) is 146 Å². The molecule has 3 nitrogen and oxygen atoms in total. The van der Waals surface area contributed by atoms with Crippen molar-refractivity contribution in [1.82, 2.24) is 9.97 Å². The van der Waals surface area contributed by atoms with E-state index in [1.807, 2.05) is 30.6 Å². The van der Waals surface area contributed by atoms with Crippen molar-refractivity contribution in [2.24, 2.45) is 0 Å². The summed E-state index contributed by atoms with van der Waals surface area (Å²) in [4.78, 5) is 11.7. The molecule has 0 radical (unpaired) electrons. The molecule has 1 aliphatic carbocycles. The number of pyridine rings is 2. The zero-order valence-electron chi connectivity index (χ0n) is 30.9. The molecule has 0 N–H and O–H groups in total. The van der Waals surface area contributed by atoms with E-state index >= 15 is 0 Å². The van der Waals surface area contributed by atoms with Crippen LogP contribution < -0.4 is 4.90 Å². The molecule has 262 valence electrons. The van der Waals surface area contributed by atoms with Crippen LogP contribution in [0.3, 0.4) is 0 Å². The number of para-hydroxylation sites is 1. The minimum absolute atomic E-state index is 0.840. The highest BCUT2D eigenvalue weighted by Crippen LogP contribution is 2.55. The maximum absolute atomic E-state index is 4.80. The van der Waals surface area contributed by atoms with Gasteiger partial charge in [0.15, 0.2) is 0 Å². The first-order valence-electron chi connectivity index (χ1n) is 18.7. The summed E-state index contributed by atoms with van der Waals surface area (Å²) < 4.78 is 0. The summed E-state index contributed by atoms with van der Waals surface area (Å²) in [5, 5.41) is 3.53. The zero-order valence-corrected chi connectivity index (χ0v) is 30.9. The quantitative estimate of drug-likeness (QED) is 0.165. The number of nitrogens with zero attached hydrogens (tertiary/aromatic N) is 3. The molecule has 3 heteroatoms. The second-order valence-corrected chi connectivity index (χ2v) is 13.8. The predicted molar refractivity (Wildman–Crippen MR) is 233 cm³/mol. The van der Waals surface area contributed by atoms with Gasteiger partial charge in [0.2, 0.25) is 0 Å². The van der Waals surface area contributed by atoms with E-state index in [0.717, 1.165) is 50.4 Å². The molecule has 0 fully saturated rings. The molecule has 0 saturated carbocycles. The highest BCUT2D eigenvalue weighted by molar-refractivity contribution is 6.22. The van der Waals surface area contributed by atoms with Gasteiger partial charge in [-0.2, -0.15) is 0 Å². The Bertz CT molecular complexity index is 2820. The molecule has 0 spiro atoms. The Morgan fingerprint density at radius 1 is 0.564 bits per heavy atom. The first kappa shape index (κ1) is 33.7. The van der Waals surface area contributed by atoms with E-state index in [0.29, 0.717) is 0 Å². The van der Waals surface area contributed by atoms with Crippen LogP contribution in [0.4, 0.5) is 17.2 Å². The van der Waals surface area contributed by atoms with Crippen LogP contribution in [-0.2, 0) is 0 Å². The van der Waals surface area contributed by atoms with Crippen molar-refractivity contribution in [1.29, 1.82) is 0 Å². The monoisotopic (exact) mass is 705 g/mol. The SMILES string of the molecule is C=C1/C(=C\C)c2c(c(-c3ccccc3)c3ccccc3c2-c2ccccc2)/C1=C/C=C(\C)c1cccc(N(c2ccccn2)c2ccnc3ccccc23)c1. The van der Waals surface area contributed by atoms with Gasteiger partial charge < -0.3 is 0 Å². The van der Waals surface area contributed by atoms with Gasteiger partial charge in [-0.15, -0.1) is 0 Å². The molecule has 0 atom stereocenters. The minimum atomic E-state index is 0.840. The Labute approximate surface area is 322 Å². The Morgan fingerprint density at radius 3 is 1.84 bits per heavy atom. The molecule has 0 saturated heterocycles. The van der Waals surface area contributed by atoms with Gasteiger partial charge >= 0.3 is 0 Å². The molecule has 6 aromatic carbocycles. The molecule has 0 aliphatic heterocycles. The van der Waals surface area contributed by atoms with Crippen molar-refractivity contribution < 1.29 is 0 Å². The van der Waals surface area contributed by atoms with Crippen LogP contribution in [0.2, 0.25) is 0 Å². The van der Waals surface area contributed by atoms with Crippen molar-refractivity contribution in [2.75, 3.05) is 4.90 Å². The van der Waals surface area contributed by atoms with E-state index in [4.69, 9.17) is 11.6 Å². The lowest BCUT2D eigenvalue weighted by atomic mass is 9.83. The van der Waals surface area contributed by atoms with E-state index in [-0.39, 0.29) is 0 Å². The van der Waals surface area contributed by atoms with E-state index in [1.54, 1.807) is 0 Å². The lowest BCUT2D eigenvalue weighted by Crippen LogP contribution is -2.12. The number of hydrogen-bond acceptors (Lipinski definition) is 3. The van der Waals surface area contributed by atoms with Crippen LogP contribution in [0.25, 0.3) is 60.6 Å². The van der Waals surface area contributed by atoms with Crippen LogP contribution in [0.15, 0.2) is 200 Å². The molecule has 9 rings (SSSR count). The number of rotatable bonds is 7. The van der Waals surface area contributed by atoms with Gasteiger partial charge in [-0.25, -0.2) is 4.98 Å². The summed E-state index contributed by atoms with van der Waals surface area (Å²) in [6, 6.07) is 55.5. The molecule has 0 amide bonds. The third-order valence-electron chi connectivity index (χ3n) is 10.6. The van der Waals surface area contributed by atoms with Crippen molar-refractivity contribution in [3.05, 3.63) is 217 Å². The Kier molecular flexibility index (Phi) is 8.81. The molecule has 0 bridgehead atoms. The standard InChI is InChI=1S/C52H39N3/c1-4-41-36(3)42(52-50(38-20-9-6-10-21-38)44-25-12-11-24-43(44)49(51(41)52)37-18-7-5-8-19-37)30-29-35(2)39-22-17-23-40(34-39)55(48-28-15-16-32-54-48)47-31-33-53-46-27-14-13-26-45(46)47/h4-34H,3H2,1-2H3/b35-29+,41-4+,42-30+. The Hall–Kier alpha value is -7.10. The van der Waals surface area contributed by atoms with Gasteiger partial charge in [0, 0.05) is 23.5 Å². The van der Waals surface area contributed by atoms with Crippen molar-refractivity contribution in [3.63, 3.8) is 0 Å². The van der Waals surface area contributed by atoms with Gasteiger partial charge in [0.05, 0.1) is 11.2 Å². The maximum atomic E-state index is 4.80. The van der Waals surface area contributed by atoms with Crippen molar-refractivity contribution >= 4 is 55.6 Å². The second-order valence-electron chi connectivity index (χ2n) is 13.8. The fourth-order valence-corrected chi connectivity index (χ4v) is 8.09. The first-order valence-corrected chi connectivity index (χ1v) is 18.7. The number of fused-ring (bicyclic) bond motifs is 3. The second kappa shape index (κ2) is 14.4. The smallest absolute Gasteiger partial charge is 0.137 e. The third kappa shape index (κ3) is 5.97. The molecular formula is C52H39N3. The maximum Gasteiger partial charge on any atom is 0.137 e. The minimum Gasteiger partial charge on any atom is -0.294 e. The number of allylic oxidation sites excluding steroid dienone is 7. The molecule has 0 unspecified atom stereocenters. The van der Waals surface area contributed by atoms with E-state index < -0.39 is 0 Å². The predicted octanol–water partition coefficient (Wildman–Crippen LogP) is 14.0. The van der Waals surface area contributed by atoms with E-state index in [2.05, 4.69) is 181 Å². The first-order chi connectivity index (χ1) is 27.1. The summed E-state index contributed by atoms with van der Waals surface area (Å²) in [5.41, 5.74) is 15.9. The van der Waals surface area contributed by atoms with Gasteiger partial charge in [-0.3, -0.25) is 9.88 Å². The number of benzene rings is 6. The molecule has 55 heavy (non-hydrogen) atoms. The fraction of sp³-hybridized carbons (Fsp3) is 0.0385. The lowest BCUT2D eigenvalue weighted by molar-refractivity contribution is 1.18. The van der Waals surface area contributed by atoms with Crippen LogP contribution in [0.5, 0.6) is 0 Å². The summed E-state index contributed by atoms with van der Waals surface area (Å²) in [5.74, 6) is 0.840. The number of aromatic nitrogens is 2. The van der Waals surface area contributed by atoms with Crippen molar-refractivity contribution in [2.45, 2.75) is 13.8 Å². The topological polar surface area (TPSA) is 29.0 Å². The highest BCUT2D eigenvalue weighted by Gasteiger charge is 2.32. The van der Waals surface area contributed by atoms with E-state index in [9.17, 15) is 0 Å². The number of hydrogen-bond donors (Lipinski definition) is 0. The average molecular weight is 706 g/mol. The molecule has 2 heterocycles. The molecular weight excluding hydrogens is 667 g/mol. The van der Waals surface area contributed by atoms with Gasteiger partial charge in [0.25, 0.3) is 0 Å². The Morgan fingerprint density at radius 2 is 1.18 bits per heavy atom. The van der Waals surface area contributed by atoms with Gasteiger partial charge in [-0.05, 0) is 122 Å². The van der Waals surface area contributed by atoms with E-state index in [1.165, 1.54) is 49.7 Å². The largest absolute Gasteiger partial charge is 0.294 e. The molecule has 8 aromatic rings. The van der Waals surface area contributed by atoms with Crippen LogP contribution in [0, 0.1) is 0 Å². The molecule has 2 aromatic heterocycles. The van der Waals surface area contributed by atoms with Crippen LogP contribution >= 0.6 is 0 Å². The normalized spacial score (nSPS) is 14.2. The van der Waals surface area contributed by atoms with Crippen LogP contribution in [-0.4, -0.2) is 9.97 Å². The summed E-state index contributed by atoms with van der Waals surface area (Å²) >= 11 is 0. The third-order valence-corrected chi connectivity index (χ3v) is 10.6. The zero-order chi connectivity index (χ0) is 37.3. The summed E-state index contributed by atoms with van der Waals surface area (Å²) in [6.45, 7) is 9.08. The fourth-order valence-electron chi connectivity index (χ4n) is 8.09. The summed E-state index contributed by atoms with van der Waals surface area (Å²) in [6.07, 6.45) is 10.5. The number of anilines is 3. The van der Waals surface area contributed by atoms with Crippen molar-refractivity contribution in [3.8, 4) is 22.3 Å². The Balaban J connectivity index is 1.23. The lowest BCUT2D eigenvalue weighted by Gasteiger charge is -2.26. The van der Waals surface area contributed by atoms with Gasteiger partial charge in [0.1, 0.15) is 5.82 Å². The van der Waals surface area contributed by atoms with Crippen LogP contribution in [0.1, 0.15) is 30.5 Å².